The molecule has 2 saturated heterocycles. The van der Waals surface area contributed by atoms with Gasteiger partial charge in [-0.1, -0.05) is 6.92 Å². The molecule has 2 aliphatic rings. The molecule has 108 valence electrons. The third-order valence-corrected chi connectivity index (χ3v) is 5.49. The molecule has 0 saturated carbocycles. The van der Waals surface area contributed by atoms with Gasteiger partial charge in [0.05, 0.1) is 0 Å². The fourth-order valence-corrected chi connectivity index (χ4v) is 3.90. The molecular weight excluding hydrogens is 264 g/mol. The van der Waals surface area contributed by atoms with E-state index in [1.54, 1.807) is 0 Å². The number of aliphatic carboxylic acids is 1. The predicted octanol–water partition coefficient (Wildman–Crippen LogP) is 1.73. The number of carboxylic acids is 1. The van der Waals surface area contributed by atoms with E-state index in [0.717, 1.165) is 18.7 Å². The minimum Gasteiger partial charge on any atom is -0.481 e. The number of rotatable bonds is 2. The molecule has 0 aliphatic carbocycles. The van der Waals surface area contributed by atoms with Gasteiger partial charge in [-0.2, -0.15) is 11.8 Å². The Balaban J connectivity index is 1.91. The van der Waals surface area contributed by atoms with Gasteiger partial charge in [-0.05, 0) is 19.3 Å². The van der Waals surface area contributed by atoms with Crippen molar-refractivity contribution in [2.45, 2.75) is 38.0 Å². The molecule has 6 heteroatoms. The van der Waals surface area contributed by atoms with Crippen LogP contribution in [0.5, 0.6) is 0 Å². The van der Waals surface area contributed by atoms with Gasteiger partial charge in [0.15, 0.2) is 0 Å². The number of hydrogen-bond acceptors (Lipinski definition) is 3. The average molecular weight is 286 g/mol. The summed E-state index contributed by atoms with van der Waals surface area (Å²) in [6, 6.07) is 0.345. The summed E-state index contributed by atoms with van der Waals surface area (Å²) in [5, 5.41) is 9.28. The summed E-state index contributed by atoms with van der Waals surface area (Å²) in [6.07, 6.45) is 0.982. The van der Waals surface area contributed by atoms with Crippen LogP contribution in [0.1, 0.15) is 26.7 Å². The topological polar surface area (TPSA) is 60.9 Å². The Labute approximate surface area is 118 Å². The molecule has 0 spiro atoms. The second kappa shape index (κ2) is 6.03. The Morgan fingerprint density at radius 1 is 1.32 bits per heavy atom. The summed E-state index contributed by atoms with van der Waals surface area (Å²) in [7, 11) is 0. The van der Waals surface area contributed by atoms with Crippen molar-refractivity contribution in [3.63, 3.8) is 0 Å². The lowest BCUT2D eigenvalue weighted by molar-refractivity contribution is -0.138. The normalized spacial score (nSPS) is 31.6. The van der Waals surface area contributed by atoms with Crippen LogP contribution in [-0.4, -0.2) is 63.6 Å². The van der Waals surface area contributed by atoms with Gasteiger partial charge in [0.1, 0.15) is 0 Å². The predicted molar refractivity (Wildman–Crippen MR) is 75.4 cm³/mol. The first-order valence-corrected chi connectivity index (χ1v) is 7.93. The largest absolute Gasteiger partial charge is 0.481 e. The van der Waals surface area contributed by atoms with Crippen LogP contribution in [0.2, 0.25) is 0 Å². The standard InChI is InChI=1S/C13H22N2O3S/c1-9-10(2)19-6-5-15(9)13(18)14-4-3-11(8-14)7-12(16)17/h9-11H,3-8H2,1-2H3,(H,16,17). The number of urea groups is 1. The van der Waals surface area contributed by atoms with Gasteiger partial charge in [0.25, 0.3) is 0 Å². The minimum absolute atomic E-state index is 0.0903. The van der Waals surface area contributed by atoms with Gasteiger partial charge in [-0.15, -0.1) is 0 Å². The zero-order chi connectivity index (χ0) is 14.0. The van der Waals surface area contributed by atoms with Crippen LogP contribution >= 0.6 is 11.8 Å². The molecule has 2 amide bonds. The van der Waals surface area contributed by atoms with E-state index in [9.17, 15) is 9.59 Å². The number of hydrogen-bond donors (Lipinski definition) is 1. The van der Waals surface area contributed by atoms with Crippen LogP contribution in [0.25, 0.3) is 0 Å². The van der Waals surface area contributed by atoms with Crippen molar-refractivity contribution in [2.24, 2.45) is 5.92 Å². The minimum atomic E-state index is -0.768. The van der Waals surface area contributed by atoms with Crippen molar-refractivity contribution in [2.75, 3.05) is 25.4 Å². The first-order valence-electron chi connectivity index (χ1n) is 6.88. The molecule has 3 unspecified atom stereocenters. The van der Waals surface area contributed by atoms with Gasteiger partial charge >= 0.3 is 12.0 Å². The number of thioether (sulfide) groups is 1. The highest BCUT2D eigenvalue weighted by Gasteiger charge is 2.35. The molecule has 2 rings (SSSR count). The van der Waals surface area contributed by atoms with Crippen LogP contribution in [0, 0.1) is 5.92 Å². The van der Waals surface area contributed by atoms with E-state index in [4.69, 9.17) is 5.11 Å². The summed E-state index contributed by atoms with van der Waals surface area (Å²) in [4.78, 5) is 27.0. The second-order valence-electron chi connectivity index (χ2n) is 5.49. The molecule has 19 heavy (non-hydrogen) atoms. The fourth-order valence-electron chi connectivity index (χ4n) is 2.80. The fraction of sp³-hybridized carbons (Fsp3) is 0.846. The Hall–Kier alpha value is -0.910. The summed E-state index contributed by atoms with van der Waals surface area (Å²) in [5.41, 5.74) is 0. The molecule has 0 radical (unpaired) electrons. The quantitative estimate of drug-likeness (QED) is 0.840. The van der Waals surface area contributed by atoms with E-state index in [1.807, 2.05) is 21.6 Å². The first kappa shape index (κ1) is 14.5. The zero-order valence-electron chi connectivity index (χ0n) is 11.5. The third-order valence-electron chi connectivity index (χ3n) is 4.15. The van der Waals surface area contributed by atoms with Crippen LogP contribution in [0.15, 0.2) is 0 Å². The lowest BCUT2D eigenvalue weighted by atomic mass is 10.1. The maximum absolute atomic E-state index is 12.5. The molecule has 2 fully saturated rings. The van der Waals surface area contributed by atoms with Crippen molar-refractivity contribution >= 4 is 23.8 Å². The number of carboxylic acid groups (broad SMARTS) is 1. The van der Waals surface area contributed by atoms with Crippen molar-refractivity contribution in [3.05, 3.63) is 0 Å². The highest BCUT2D eigenvalue weighted by atomic mass is 32.2. The zero-order valence-corrected chi connectivity index (χ0v) is 12.4. The van der Waals surface area contributed by atoms with Crippen LogP contribution in [-0.2, 0) is 4.79 Å². The van der Waals surface area contributed by atoms with E-state index >= 15 is 0 Å². The van der Waals surface area contributed by atoms with E-state index in [0.29, 0.717) is 18.3 Å². The van der Waals surface area contributed by atoms with Crippen molar-refractivity contribution in [3.8, 4) is 0 Å². The lowest BCUT2D eigenvalue weighted by Gasteiger charge is -2.39. The Morgan fingerprint density at radius 3 is 2.74 bits per heavy atom. The van der Waals surface area contributed by atoms with Gasteiger partial charge in [-0.3, -0.25) is 4.79 Å². The van der Waals surface area contributed by atoms with E-state index in [1.165, 1.54) is 0 Å². The molecule has 0 aromatic carbocycles. The molecule has 2 aliphatic heterocycles. The highest BCUT2D eigenvalue weighted by molar-refractivity contribution is 8.00. The first-order chi connectivity index (χ1) is 8.99. The van der Waals surface area contributed by atoms with Crippen LogP contribution in [0.4, 0.5) is 4.79 Å². The maximum Gasteiger partial charge on any atom is 0.320 e. The number of nitrogens with zero attached hydrogens (tertiary/aromatic N) is 2. The Morgan fingerprint density at radius 2 is 2.05 bits per heavy atom. The molecule has 0 aromatic rings. The molecule has 0 aromatic heterocycles. The average Bonchev–Trinajstić information content (AvgIpc) is 2.79. The second-order valence-corrected chi connectivity index (χ2v) is 6.98. The highest BCUT2D eigenvalue weighted by Crippen LogP contribution is 2.27. The molecule has 0 bridgehead atoms. The number of carbonyl (C=O) groups is 2. The summed E-state index contributed by atoms with van der Waals surface area (Å²) >= 11 is 1.91. The Kier molecular flexibility index (Phi) is 4.60. The lowest BCUT2D eigenvalue weighted by Crippen LogP contribution is -2.52. The summed E-state index contributed by atoms with van der Waals surface area (Å²) < 4.78 is 0. The number of amides is 2. The van der Waals surface area contributed by atoms with Crippen molar-refractivity contribution in [1.82, 2.24) is 9.80 Å². The van der Waals surface area contributed by atoms with Gasteiger partial charge in [-0.25, -0.2) is 4.79 Å². The number of likely N-dealkylation sites (tertiary alicyclic amines) is 1. The molecule has 3 atom stereocenters. The number of carbonyl (C=O) groups excluding carboxylic acids is 1. The third kappa shape index (κ3) is 3.35. The van der Waals surface area contributed by atoms with Crippen molar-refractivity contribution < 1.29 is 14.7 Å². The maximum atomic E-state index is 12.5. The van der Waals surface area contributed by atoms with Gasteiger partial charge in [0, 0.05) is 43.1 Å². The van der Waals surface area contributed by atoms with Crippen LogP contribution < -0.4 is 0 Å². The monoisotopic (exact) mass is 286 g/mol. The van der Waals surface area contributed by atoms with Crippen LogP contribution in [0.3, 0.4) is 0 Å². The summed E-state index contributed by atoms with van der Waals surface area (Å²) in [6.45, 7) is 6.35. The van der Waals surface area contributed by atoms with E-state index in [-0.39, 0.29) is 24.4 Å². The Bertz CT molecular complexity index is 364. The van der Waals surface area contributed by atoms with Crippen molar-refractivity contribution in [1.29, 1.82) is 0 Å². The molecular formula is C13H22N2O3S. The SMILES string of the molecule is CC1SCCN(C(=O)N2CCC(CC(=O)O)C2)C1C. The van der Waals surface area contributed by atoms with E-state index in [2.05, 4.69) is 13.8 Å². The molecule has 5 nitrogen and oxygen atoms in total. The van der Waals surface area contributed by atoms with E-state index < -0.39 is 5.97 Å². The summed E-state index contributed by atoms with van der Waals surface area (Å²) in [5.74, 6) is 0.341. The van der Waals surface area contributed by atoms with Gasteiger partial charge in [0.2, 0.25) is 0 Å². The molecule has 1 N–H and O–H groups in total. The molecule has 2 heterocycles. The smallest absolute Gasteiger partial charge is 0.320 e. The van der Waals surface area contributed by atoms with Gasteiger partial charge < -0.3 is 14.9 Å².